The van der Waals surface area contributed by atoms with Crippen LogP contribution in [0.25, 0.3) is 11.3 Å². The summed E-state index contributed by atoms with van der Waals surface area (Å²) in [5.74, 6) is 1.20. The van der Waals surface area contributed by atoms with Crippen LogP contribution in [0, 0.1) is 0 Å². The number of anilines is 1. The van der Waals surface area contributed by atoms with Crippen molar-refractivity contribution < 1.29 is 4.74 Å². The van der Waals surface area contributed by atoms with Gasteiger partial charge >= 0.3 is 0 Å². The van der Waals surface area contributed by atoms with Crippen molar-refractivity contribution in [1.82, 2.24) is 9.97 Å². The van der Waals surface area contributed by atoms with Gasteiger partial charge < -0.3 is 10.5 Å². The molecule has 22 heavy (non-hydrogen) atoms. The maximum atomic E-state index is 5.76. The second-order valence-corrected chi connectivity index (χ2v) is 5.48. The Morgan fingerprint density at radius 1 is 1.00 bits per heavy atom. The molecule has 0 atom stereocenters. The molecule has 2 aromatic carbocycles. The monoisotopic (exact) mass is 355 g/mol. The van der Waals surface area contributed by atoms with E-state index in [9.17, 15) is 0 Å². The van der Waals surface area contributed by atoms with Gasteiger partial charge in [0.25, 0.3) is 0 Å². The summed E-state index contributed by atoms with van der Waals surface area (Å²) in [7, 11) is 0. The van der Waals surface area contributed by atoms with Crippen LogP contribution >= 0.6 is 15.9 Å². The molecule has 1 heterocycles. The molecule has 5 heteroatoms. The number of benzene rings is 2. The molecule has 0 aliphatic rings. The Hall–Kier alpha value is -2.40. The van der Waals surface area contributed by atoms with Gasteiger partial charge in [-0.1, -0.05) is 30.3 Å². The first-order chi connectivity index (χ1) is 10.7. The van der Waals surface area contributed by atoms with Gasteiger partial charge in [-0.15, -0.1) is 0 Å². The zero-order valence-corrected chi connectivity index (χ0v) is 13.3. The normalized spacial score (nSPS) is 10.4. The van der Waals surface area contributed by atoms with Crippen LogP contribution in [0.4, 0.5) is 5.82 Å². The molecule has 4 nitrogen and oxygen atoms in total. The summed E-state index contributed by atoms with van der Waals surface area (Å²) >= 11 is 3.29. The summed E-state index contributed by atoms with van der Waals surface area (Å²) < 4.78 is 6.31. The molecule has 0 unspecified atom stereocenters. The largest absolute Gasteiger partial charge is 0.489 e. The number of rotatable bonds is 4. The van der Waals surface area contributed by atoms with Gasteiger partial charge in [0.15, 0.2) is 5.82 Å². The summed E-state index contributed by atoms with van der Waals surface area (Å²) in [5.41, 5.74) is 8.50. The second-order valence-electron chi connectivity index (χ2n) is 4.73. The topological polar surface area (TPSA) is 61.0 Å². The van der Waals surface area contributed by atoms with E-state index < -0.39 is 0 Å². The third-order valence-electron chi connectivity index (χ3n) is 3.15. The van der Waals surface area contributed by atoms with Crippen LogP contribution in [0.3, 0.4) is 0 Å². The Morgan fingerprint density at radius 3 is 2.41 bits per heavy atom. The number of halogens is 1. The van der Waals surface area contributed by atoms with Gasteiger partial charge in [0, 0.05) is 5.56 Å². The average molecular weight is 356 g/mol. The van der Waals surface area contributed by atoms with Crippen molar-refractivity contribution >= 4 is 21.7 Å². The Kier molecular flexibility index (Phi) is 4.34. The van der Waals surface area contributed by atoms with Gasteiger partial charge in [0.1, 0.15) is 17.0 Å². The molecule has 1 aromatic heterocycles. The minimum atomic E-state index is 0.381. The molecule has 3 rings (SSSR count). The standard InChI is InChI=1S/C17H14BrN3O/c18-16-17(19)20-10-15(21-16)13-6-8-14(9-7-13)22-11-12-4-2-1-3-5-12/h1-10H,11H2,(H2,19,20). The molecule has 110 valence electrons. The van der Waals surface area contributed by atoms with Crippen LogP contribution in [0.1, 0.15) is 5.56 Å². The van der Waals surface area contributed by atoms with Crippen LogP contribution in [0.2, 0.25) is 0 Å². The molecule has 0 amide bonds. The minimum Gasteiger partial charge on any atom is -0.489 e. The Bertz CT molecular complexity index is 761. The number of ether oxygens (including phenoxy) is 1. The Balaban J connectivity index is 1.71. The Morgan fingerprint density at radius 2 is 1.73 bits per heavy atom. The van der Waals surface area contributed by atoms with Gasteiger partial charge in [-0.3, -0.25) is 0 Å². The minimum absolute atomic E-state index is 0.381. The highest BCUT2D eigenvalue weighted by molar-refractivity contribution is 9.10. The van der Waals surface area contributed by atoms with Gasteiger partial charge in [0.05, 0.1) is 11.9 Å². The fourth-order valence-corrected chi connectivity index (χ4v) is 2.27. The third kappa shape index (κ3) is 3.43. The summed E-state index contributed by atoms with van der Waals surface area (Å²) in [6, 6.07) is 17.8. The van der Waals surface area contributed by atoms with Crippen LogP contribution in [-0.4, -0.2) is 9.97 Å². The maximum Gasteiger partial charge on any atom is 0.156 e. The highest BCUT2D eigenvalue weighted by Gasteiger charge is 2.04. The number of nitrogen functional groups attached to an aromatic ring is 1. The van der Waals surface area contributed by atoms with E-state index in [0.29, 0.717) is 17.0 Å². The van der Waals surface area contributed by atoms with Crippen molar-refractivity contribution in [3.8, 4) is 17.0 Å². The molecule has 0 aliphatic carbocycles. The van der Waals surface area contributed by atoms with E-state index in [-0.39, 0.29) is 0 Å². The van der Waals surface area contributed by atoms with E-state index in [2.05, 4.69) is 25.9 Å². The molecule has 0 spiro atoms. The van der Waals surface area contributed by atoms with Crippen molar-refractivity contribution in [2.75, 3.05) is 5.73 Å². The van der Waals surface area contributed by atoms with E-state index in [1.807, 2.05) is 54.6 Å². The molecular formula is C17H14BrN3O. The summed E-state index contributed by atoms with van der Waals surface area (Å²) in [4.78, 5) is 8.45. The van der Waals surface area contributed by atoms with E-state index >= 15 is 0 Å². The number of hydrogen-bond acceptors (Lipinski definition) is 4. The number of nitrogens with zero attached hydrogens (tertiary/aromatic N) is 2. The third-order valence-corrected chi connectivity index (χ3v) is 3.74. The van der Waals surface area contributed by atoms with E-state index in [4.69, 9.17) is 10.5 Å². The van der Waals surface area contributed by atoms with Crippen LogP contribution < -0.4 is 10.5 Å². The second kappa shape index (κ2) is 6.58. The Labute approximate surface area is 137 Å². The predicted octanol–water partition coefficient (Wildman–Crippen LogP) is 4.07. The van der Waals surface area contributed by atoms with Gasteiger partial charge in [-0.05, 0) is 45.8 Å². The SMILES string of the molecule is Nc1ncc(-c2ccc(OCc3ccccc3)cc2)nc1Br. The molecule has 0 aliphatic heterocycles. The van der Waals surface area contributed by atoms with Crippen molar-refractivity contribution in [2.45, 2.75) is 6.61 Å². The van der Waals surface area contributed by atoms with Gasteiger partial charge in [-0.2, -0.15) is 0 Å². The lowest BCUT2D eigenvalue weighted by molar-refractivity contribution is 0.306. The molecule has 0 fully saturated rings. The molecule has 0 saturated heterocycles. The zero-order chi connectivity index (χ0) is 15.4. The lowest BCUT2D eigenvalue weighted by atomic mass is 10.1. The van der Waals surface area contributed by atoms with Crippen molar-refractivity contribution in [3.63, 3.8) is 0 Å². The molecule has 0 bridgehead atoms. The molecule has 0 saturated carbocycles. The van der Waals surface area contributed by atoms with Crippen LogP contribution in [0.15, 0.2) is 65.4 Å². The fourth-order valence-electron chi connectivity index (χ4n) is 1.98. The maximum absolute atomic E-state index is 5.76. The van der Waals surface area contributed by atoms with E-state index in [0.717, 1.165) is 22.6 Å². The summed E-state index contributed by atoms with van der Waals surface area (Å²) in [5, 5.41) is 0. The van der Waals surface area contributed by atoms with Gasteiger partial charge in [0.2, 0.25) is 0 Å². The van der Waals surface area contributed by atoms with E-state index in [1.165, 1.54) is 0 Å². The number of aromatic nitrogens is 2. The first kappa shape index (κ1) is 14.5. The van der Waals surface area contributed by atoms with E-state index in [1.54, 1.807) is 6.20 Å². The molecule has 2 N–H and O–H groups in total. The van der Waals surface area contributed by atoms with Crippen LogP contribution in [-0.2, 0) is 6.61 Å². The summed E-state index contributed by atoms with van der Waals surface area (Å²) in [6.07, 6.45) is 1.65. The smallest absolute Gasteiger partial charge is 0.156 e. The predicted molar refractivity (Wildman–Crippen MR) is 90.4 cm³/mol. The number of hydrogen-bond donors (Lipinski definition) is 1. The summed E-state index contributed by atoms with van der Waals surface area (Å²) in [6.45, 7) is 0.549. The fraction of sp³-hybridized carbons (Fsp3) is 0.0588. The van der Waals surface area contributed by atoms with Crippen molar-refractivity contribution in [2.24, 2.45) is 0 Å². The first-order valence-corrected chi connectivity index (χ1v) is 7.57. The van der Waals surface area contributed by atoms with Gasteiger partial charge in [-0.25, -0.2) is 9.97 Å². The zero-order valence-electron chi connectivity index (χ0n) is 11.7. The van der Waals surface area contributed by atoms with Crippen molar-refractivity contribution in [1.29, 1.82) is 0 Å². The lowest BCUT2D eigenvalue weighted by Crippen LogP contribution is -1.96. The highest BCUT2D eigenvalue weighted by Crippen LogP contribution is 2.23. The highest BCUT2D eigenvalue weighted by atomic mass is 79.9. The number of nitrogens with two attached hydrogens (primary N) is 1. The molecule has 0 radical (unpaired) electrons. The molecule has 3 aromatic rings. The lowest BCUT2D eigenvalue weighted by Gasteiger charge is -2.07. The van der Waals surface area contributed by atoms with Crippen molar-refractivity contribution in [3.05, 3.63) is 71.0 Å². The van der Waals surface area contributed by atoms with Crippen LogP contribution in [0.5, 0.6) is 5.75 Å². The first-order valence-electron chi connectivity index (χ1n) is 6.77. The average Bonchev–Trinajstić information content (AvgIpc) is 2.57. The quantitative estimate of drug-likeness (QED) is 0.766. The molecular weight excluding hydrogens is 342 g/mol.